The lowest BCUT2D eigenvalue weighted by Gasteiger charge is -2.35. The van der Waals surface area contributed by atoms with E-state index >= 15 is 0 Å². The molecule has 0 N–H and O–H groups in total. The summed E-state index contributed by atoms with van der Waals surface area (Å²) in [5, 5.41) is 5.20. The highest BCUT2D eigenvalue weighted by Crippen LogP contribution is 2.28. The summed E-state index contributed by atoms with van der Waals surface area (Å²) in [6.07, 6.45) is 6.64. The lowest BCUT2D eigenvalue weighted by molar-refractivity contribution is 0.249. The fraction of sp³-hybridized carbons (Fsp3) is 0.524. The second-order valence-electron chi connectivity index (χ2n) is 7.93. The summed E-state index contributed by atoms with van der Waals surface area (Å²) in [5.41, 5.74) is 2.01. The first-order chi connectivity index (χ1) is 13.5. The zero-order chi connectivity index (χ0) is 19.7. The van der Waals surface area contributed by atoms with Crippen LogP contribution >= 0.6 is 23.2 Å². The lowest BCUT2D eigenvalue weighted by atomic mass is 9.96. The first-order valence-electron chi connectivity index (χ1n) is 10.0. The predicted octanol–water partition coefficient (Wildman–Crippen LogP) is 4.16. The standard InChI is InChI=1S/C21H26Cl2N4O/c1-15-4-5-17(12-18(15)22)27-21(28)20(23)19(13-24-27)26-10-6-16(7-11-26)14-25-8-2-3-9-25/h4-5,12-13,16H,2-3,6-11,14H2,1H3. The fourth-order valence-electron chi connectivity index (χ4n) is 4.23. The number of likely N-dealkylation sites (tertiary alicyclic amines) is 1. The number of rotatable bonds is 4. The average Bonchev–Trinajstić information content (AvgIpc) is 3.20. The van der Waals surface area contributed by atoms with E-state index in [1.807, 2.05) is 19.1 Å². The Hall–Kier alpha value is -1.56. The van der Waals surface area contributed by atoms with Crippen molar-refractivity contribution < 1.29 is 0 Å². The summed E-state index contributed by atoms with van der Waals surface area (Å²) in [4.78, 5) is 17.6. The second kappa shape index (κ2) is 8.44. The van der Waals surface area contributed by atoms with Gasteiger partial charge in [0.2, 0.25) is 0 Å². The van der Waals surface area contributed by atoms with E-state index in [9.17, 15) is 4.79 Å². The summed E-state index contributed by atoms with van der Waals surface area (Å²) in [5.74, 6) is 0.733. The fourth-order valence-corrected chi connectivity index (χ4v) is 4.65. The Balaban J connectivity index is 1.48. The van der Waals surface area contributed by atoms with Crippen LogP contribution in [0.2, 0.25) is 10.0 Å². The van der Waals surface area contributed by atoms with Crippen molar-refractivity contribution in [2.45, 2.75) is 32.6 Å². The SMILES string of the molecule is Cc1ccc(-n2ncc(N3CCC(CN4CCCC4)CC3)c(Cl)c2=O)cc1Cl. The smallest absolute Gasteiger partial charge is 0.292 e. The maximum absolute atomic E-state index is 12.8. The second-order valence-corrected chi connectivity index (χ2v) is 8.72. The quantitative estimate of drug-likeness (QED) is 0.744. The molecule has 2 aliphatic rings. The molecule has 0 bridgehead atoms. The summed E-state index contributed by atoms with van der Waals surface area (Å²) in [6, 6.07) is 5.44. The lowest BCUT2D eigenvalue weighted by Crippen LogP contribution is -2.39. The molecule has 150 valence electrons. The molecule has 3 heterocycles. The third-order valence-electron chi connectivity index (χ3n) is 5.97. The number of nitrogens with zero attached hydrogens (tertiary/aromatic N) is 4. The minimum atomic E-state index is -0.307. The van der Waals surface area contributed by atoms with Crippen molar-refractivity contribution in [3.05, 3.63) is 50.4 Å². The van der Waals surface area contributed by atoms with Crippen molar-refractivity contribution >= 4 is 28.9 Å². The highest BCUT2D eigenvalue weighted by Gasteiger charge is 2.25. The van der Waals surface area contributed by atoms with Crippen LogP contribution in [0.15, 0.2) is 29.2 Å². The maximum Gasteiger partial charge on any atom is 0.292 e. The number of anilines is 1. The number of benzene rings is 1. The van der Waals surface area contributed by atoms with E-state index in [0.29, 0.717) is 10.7 Å². The van der Waals surface area contributed by atoms with Crippen molar-refractivity contribution in [3.8, 4) is 5.69 Å². The van der Waals surface area contributed by atoms with Crippen LogP contribution in [0.4, 0.5) is 5.69 Å². The van der Waals surface area contributed by atoms with Gasteiger partial charge in [-0.15, -0.1) is 0 Å². The van der Waals surface area contributed by atoms with Crippen LogP contribution < -0.4 is 10.5 Å². The molecule has 0 amide bonds. The summed E-state index contributed by atoms with van der Waals surface area (Å²) in [6.45, 7) is 7.45. The van der Waals surface area contributed by atoms with Crippen LogP contribution in [0.5, 0.6) is 0 Å². The van der Waals surface area contributed by atoms with Gasteiger partial charge < -0.3 is 9.80 Å². The van der Waals surface area contributed by atoms with Gasteiger partial charge in [-0.2, -0.15) is 9.78 Å². The van der Waals surface area contributed by atoms with E-state index in [4.69, 9.17) is 23.2 Å². The molecule has 2 saturated heterocycles. The van der Waals surface area contributed by atoms with Crippen molar-refractivity contribution in [1.82, 2.24) is 14.7 Å². The van der Waals surface area contributed by atoms with Crippen LogP contribution in [0.25, 0.3) is 5.69 Å². The van der Waals surface area contributed by atoms with Gasteiger partial charge in [-0.05, 0) is 69.3 Å². The van der Waals surface area contributed by atoms with E-state index in [0.717, 1.165) is 43.1 Å². The van der Waals surface area contributed by atoms with Gasteiger partial charge in [-0.3, -0.25) is 4.79 Å². The molecule has 0 unspecified atom stereocenters. The highest BCUT2D eigenvalue weighted by atomic mass is 35.5. The number of halogens is 2. The number of aryl methyl sites for hydroxylation is 1. The van der Waals surface area contributed by atoms with Gasteiger partial charge in [0.1, 0.15) is 5.02 Å². The van der Waals surface area contributed by atoms with Gasteiger partial charge in [0, 0.05) is 24.7 Å². The van der Waals surface area contributed by atoms with Gasteiger partial charge in [-0.25, -0.2) is 0 Å². The molecule has 2 aliphatic heterocycles. The minimum Gasteiger partial charge on any atom is -0.369 e. The normalized spacial score (nSPS) is 18.8. The molecule has 0 spiro atoms. The van der Waals surface area contributed by atoms with E-state index in [1.54, 1.807) is 12.3 Å². The van der Waals surface area contributed by atoms with Crippen molar-refractivity contribution in [2.24, 2.45) is 5.92 Å². The van der Waals surface area contributed by atoms with Gasteiger partial charge in [0.05, 0.1) is 17.6 Å². The maximum atomic E-state index is 12.8. The largest absolute Gasteiger partial charge is 0.369 e. The van der Waals surface area contributed by atoms with Gasteiger partial charge in [0.25, 0.3) is 5.56 Å². The molecule has 0 radical (unpaired) electrons. The Labute approximate surface area is 175 Å². The number of piperidine rings is 1. The Morgan fingerprint density at radius 1 is 1.11 bits per heavy atom. The van der Waals surface area contributed by atoms with E-state index in [1.165, 1.54) is 37.2 Å². The summed E-state index contributed by atoms with van der Waals surface area (Å²) < 4.78 is 1.32. The molecule has 1 aromatic heterocycles. The third kappa shape index (κ3) is 4.07. The third-order valence-corrected chi connectivity index (χ3v) is 6.73. The molecular formula is C21H26Cl2N4O. The zero-order valence-electron chi connectivity index (χ0n) is 16.2. The molecule has 0 saturated carbocycles. The van der Waals surface area contributed by atoms with E-state index < -0.39 is 0 Å². The summed E-state index contributed by atoms with van der Waals surface area (Å²) in [7, 11) is 0. The molecule has 28 heavy (non-hydrogen) atoms. The molecule has 2 aromatic rings. The molecule has 2 fully saturated rings. The van der Waals surface area contributed by atoms with Gasteiger partial charge in [-0.1, -0.05) is 29.3 Å². The van der Waals surface area contributed by atoms with Crippen LogP contribution in [-0.4, -0.2) is 47.4 Å². The highest BCUT2D eigenvalue weighted by molar-refractivity contribution is 6.33. The van der Waals surface area contributed by atoms with E-state index in [-0.39, 0.29) is 10.6 Å². The van der Waals surface area contributed by atoms with Crippen LogP contribution in [0.1, 0.15) is 31.2 Å². The number of hydrogen-bond donors (Lipinski definition) is 0. The van der Waals surface area contributed by atoms with Crippen molar-refractivity contribution in [2.75, 3.05) is 37.6 Å². The van der Waals surface area contributed by atoms with Crippen LogP contribution in [-0.2, 0) is 0 Å². The molecule has 1 aromatic carbocycles. The number of hydrogen-bond acceptors (Lipinski definition) is 4. The van der Waals surface area contributed by atoms with Crippen molar-refractivity contribution in [3.63, 3.8) is 0 Å². The first kappa shape index (κ1) is 19.7. The molecule has 5 nitrogen and oxygen atoms in total. The summed E-state index contributed by atoms with van der Waals surface area (Å²) >= 11 is 12.7. The predicted molar refractivity (Wildman–Crippen MR) is 115 cm³/mol. The number of aromatic nitrogens is 2. The zero-order valence-corrected chi connectivity index (χ0v) is 17.7. The Bertz CT molecular complexity index is 900. The molecule has 7 heteroatoms. The van der Waals surface area contributed by atoms with Crippen LogP contribution in [0.3, 0.4) is 0 Å². The van der Waals surface area contributed by atoms with Crippen molar-refractivity contribution in [1.29, 1.82) is 0 Å². The molecule has 4 rings (SSSR count). The van der Waals surface area contributed by atoms with Gasteiger partial charge in [0.15, 0.2) is 0 Å². The molecular weight excluding hydrogens is 395 g/mol. The average molecular weight is 421 g/mol. The first-order valence-corrected chi connectivity index (χ1v) is 10.8. The minimum absolute atomic E-state index is 0.227. The van der Waals surface area contributed by atoms with Gasteiger partial charge >= 0.3 is 0 Å². The van der Waals surface area contributed by atoms with Crippen LogP contribution in [0, 0.1) is 12.8 Å². The van der Waals surface area contributed by atoms with E-state index in [2.05, 4.69) is 14.9 Å². The molecule has 0 aliphatic carbocycles. The molecule has 0 atom stereocenters. The monoisotopic (exact) mass is 420 g/mol. The topological polar surface area (TPSA) is 41.4 Å². The Kier molecular flexibility index (Phi) is 5.95. The Morgan fingerprint density at radius 3 is 2.50 bits per heavy atom. The Morgan fingerprint density at radius 2 is 1.82 bits per heavy atom.